The maximum absolute atomic E-state index is 10.8. The van der Waals surface area contributed by atoms with Crippen LogP contribution in [-0.2, 0) is 9.53 Å². The molecule has 4 nitrogen and oxygen atoms in total. The van der Waals surface area contributed by atoms with Crippen molar-refractivity contribution < 1.29 is 14.6 Å². The number of hydrogen-bond acceptors (Lipinski definition) is 4. The second-order valence-electron chi connectivity index (χ2n) is 3.88. The predicted octanol–water partition coefficient (Wildman–Crippen LogP) is 0.252. The van der Waals surface area contributed by atoms with E-state index in [9.17, 15) is 9.90 Å². The zero-order valence-electron chi connectivity index (χ0n) is 8.83. The lowest BCUT2D eigenvalue weighted by Gasteiger charge is -2.21. The van der Waals surface area contributed by atoms with Gasteiger partial charge in [-0.3, -0.25) is 9.69 Å². The smallest absolute Gasteiger partial charge is 0.319 e. The summed E-state index contributed by atoms with van der Waals surface area (Å²) in [5, 5.41) is 9.42. The number of nitrogens with zero attached hydrogens (tertiary/aromatic N) is 1. The molecular formula is C9H19NO3. The zero-order valence-corrected chi connectivity index (χ0v) is 8.83. The molecule has 0 aliphatic carbocycles. The maximum Gasteiger partial charge on any atom is 0.319 e. The standard InChI is InChI=1S/C9H19NO3/c1-9(2,12)5-6-10(3)7-8(11)13-4/h12H,5-7H2,1-4H3. The van der Waals surface area contributed by atoms with Gasteiger partial charge in [-0.15, -0.1) is 0 Å². The molecule has 0 amide bonds. The van der Waals surface area contributed by atoms with Gasteiger partial charge in [0.15, 0.2) is 0 Å². The Morgan fingerprint density at radius 1 is 1.54 bits per heavy atom. The van der Waals surface area contributed by atoms with E-state index < -0.39 is 5.60 Å². The largest absolute Gasteiger partial charge is 0.468 e. The molecule has 1 N–H and O–H groups in total. The van der Waals surface area contributed by atoms with Crippen molar-refractivity contribution in [2.24, 2.45) is 0 Å². The van der Waals surface area contributed by atoms with Crippen LogP contribution in [0.15, 0.2) is 0 Å². The van der Waals surface area contributed by atoms with Gasteiger partial charge < -0.3 is 9.84 Å². The molecule has 0 aromatic rings. The normalized spacial score (nSPS) is 11.8. The molecule has 0 unspecified atom stereocenters. The van der Waals surface area contributed by atoms with Gasteiger partial charge in [0.05, 0.1) is 19.3 Å². The molecule has 0 heterocycles. The highest BCUT2D eigenvalue weighted by Crippen LogP contribution is 2.07. The first-order valence-electron chi connectivity index (χ1n) is 4.33. The molecule has 0 saturated heterocycles. The first kappa shape index (κ1) is 12.4. The van der Waals surface area contributed by atoms with E-state index in [4.69, 9.17) is 0 Å². The quantitative estimate of drug-likeness (QED) is 0.630. The number of carbonyl (C=O) groups is 1. The fraction of sp³-hybridized carbons (Fsp3) is 0.889. The number of likely N-dealkylation sites (N-methyl/N-ethyl adjacent to an activating group) is 1. The Morgan fingerprint density at radius 3 is 2.46 bits per heavy atom. The van der Waals surface area contributed by atoms with Crippen molar-refractivity contribution in [3.8, 4) is 0 Å². The average molecular weight is 189 g/mol. The van der Waals surface area contributed by atoms with Crippen LogP contribution in [0.25, 0.3) is 0 Å². The molecule has 0 bridgehead atoms. The highest BCUT2D eigenvalue weighted by atomic mass is 16.5. The molecule has 0 aromatic carbocycles. The van der Waals surface area contributed by atoms with E-state index in [1.807, 2.05) is 11.9 Å². The van der Waals surface area contributed by atoms with Crippen molar-refractivity contribution in [1.29, 1.82) is 0 Å². The SMILES string of the molecule is COC(=O)CN(C)CCC(C)(C)O. The lowest BCUT2D eigenvalue weighted by atomic mass is 10.1. The van der Waals surface area contributed by atoms with Crippen LogP contribution in [0.1, 0.15) is 20.3 Å². The highest BCUT2D eigenvalue weighted by Gasteiger charge is 2.14. The summed E-state index contributed by atoms with van der Waals surface area (Å²) in [6.45, 7) is 4.45. The Morgan fingerprint density at radius 2 is 2.08 bits per heavy atom. The predicted molar refractivity (Wildman–Crippen MR) is 50.4 cm³/mol. The maximum atomic E-state index is 10.8. The molecule has 0 aliphatic heterocycles. The van der Waals surface area contributed by atoms with Crippen LogP contribution in [0.4, 0.5) is 0 Å². The molecule has 0 aromatic heterocycles. The van der Waals surface area contributed by atoms with E-state index >= 15 is 0 Å². The molecule has 0 rings (SSSR count). The number of aliphatic hydroxyl groups is 1. The van der Waals surface area contributed by atoms with Crippen molar-refractivity contribution in [3.05, 3.63) is 0 Å². The van der Waals surface area contributed by atoms with E-state index in [2.05, 4.69) is 4.74 Å². The van der Waals surface area contributed by atoms with Gasteiger partial charge in [0.2, 0.25) is 0 Å². The summed E-state index contributed by atoms with van der Waals surface area (Å²) >= 11 is 0. The third kappa shape index (κ3) is 7.74. The third-order valence-corrected chi connectivity index (χ3v) is 1.73. The molecule has 0 radical (unpaired) electrons. The van der Waals surface area contributed by atoms with E-state index in [0.29, 0.717) is 13.0 Å². The van der Waals surface area contributed by atoms with Crippen LogP contribution in [0.2, 0.25) is 0 Å². The average Bonchev–Trinajstić information content (AvgIpc) is 1.99. The summed E-state index contributed by atoms with van der Waals surface area (Å²) in [6, 6.07) is 0. The van der Waals surface area contributed by atoms with Gasteiger partial charge in [-0.25, -0.2) is 0 Å². The van der Waals surface area contributed by atoms with E-state index in [0.717, 1.165) is 0 Å². The van der Waals surface area contributed by atoms with Crippen molar-refractivity contribution >= 4 is 5.97 Å². The Labute approximate surface area is 79.5 Å². The van der Waals surface area contributed by atoms with Gasteiger partial charge in [-0.05, 0) is 27.3 Å². The monoisotopic (exact) mass is 189 g/mol. The number of methoxy groups -OCH3 is 1. The minimum atomic E-state index is -0.676. The second-order valence-corrected chi connectivity index (χ2v) is 3.88. The van der Waals surface area contributed by atoms with Crippen molar-refractivity contribution in [2.75, 3.05) is 27.2 Å². The molecule has 0 saturated carbocycles. The lowest BCUT2D eigenvalue weighted by Crippen LogP contribution is -2.32. The van der Waals surface area contributed by atoms with E-state index in [1.54, 1.807) is 13.8 Å². The highest BCUT2D eigenvalue weighted by molar-refractivity contribution is 5.71. The molecule has 0 atom stereocenters. The number of hydrogen-bond donors (Lipinski definition) is 1. The summed E-state index contributed by atoms with van der Waals surface area (Å²) in [7, 11) is 3.19. The van der Waals surface area contributed by atoms with Gasteiger partial charge >= 0.3 is 5.97 Å². The zero-order chi connectivity index (χ0) is 10.5. The Balaban J connectivity index is 3.63. The first-order valence-corrected chi connectivity index (χ1v) is 4.33. The van der Waals surface area contributed by atoms with Gasteiger partial charge in [0.1, 0.15) is 0 Å². The Hall–Kier alpha value is -0.610. The van der Waals surface area contributed by atoms with E-state index in [1.165, 1.54) is 7.11 Å². The van der Waals surface area contributed by atoms with Crippen LogP contribution in [0, 0.1) is 0 Å². The Bertz CT molecular complexity index is 163. The second kappa shape index (κ2) is 5.19. The van der Waals surface area contributed by atoms with Crippen LogP contribution in [0.5, 0.6) is 0 Å². The van der Waals surface area contributed by atoms with Crippen molar-refractivity contribution in [3.63, 3.8) is 0 Å². The van der Waals surface area contributed by atoms with Crippen LogP contribution >= 0.6 is 0 Å². The fourth-order valence-electron chi connectivity index (χ4n) is 0.828. The molecule has 0 spiro atoms. The molecule has 0 fully saturated rings. The van der Waals surface area contributed by atoms with Crippen molar-refractivity contribution in [1.82, 2.24) is 4.90 Å². The number of esters is 1. The van der Waals surface area contributed by atoms with Gasteiger partial charge in [0.25, 0.3) is 0 Å². The lowest BCUT2D eigenvalue weighted by molar-refractivity contribution is -0.141. The summed E-state index contributed by atoms with van der Waals surface area (Å²) in [4.78, 5) is 12.6. The Kier molecular flexibility index (Phi) is 4.95. The first-order chi connectivity index (χ1) is 5.85. The van der Waals surface area contributed by atoms with E-state index in [-0.39, 0.29) is 12.5 Å². The topological polar surface area (TPSA) is 49.8 Å². The summed E-state index contributed by atoms with van der Waals surface area (Å²) in [5.74, 6) is -0.252. The minimum Gasteiger partial charge on any atom is -0.468 e. The minimum absolute atomic E-state index is 0.252. The van der Waals surface area contributed by atoms with Crippen LogP contribution in [-0.4, -0.2) is 48.8 Å². The van der Waals surface area contributed by atoms with Crippen molar-refractivity contribution in [2.45, 2.75) is 25.9 Å². The number of rotatable bonds is 5. The van der Waals surface area contributed by atoms with Gasteiger partial charge in [-0.1, -0.05) is 0 Å². The fourth-order valence-corrected chi connectivity index (χ4v) is 0.828. The molecule has 4 heteroatoms. The summed E-state index contributed by atoms with van der Waals surface area (Å²) in [6.07, 6.45) is 0.639. The molecule has 0 aliphatic rings. The molecular weight excluding hydrogens is 170 g/mol. The van der Waals surface area contributed by atoms with Crippen LogP contribution < -0.4 is 0 Å². The number of ether oxygens (including phenoxy) is 1. The third-order valence-electron chi connectivity index (χ3n) is 1.73. The molecule has 78 valence electrons. The van der Waals surface area contributed by atoms with Gasteiger partial charge in [-0.2, -0.15) is 0 Å². The summed E-state index contributed by atoms with van der Waals surface area (Å²) < 4.78 is 4.51. The molecule has 13 heavy (non-hydrogen) atoms. The number of carbonyl (C=O) groups excluding carboxylic acids is 1. The summed E-state index contributed by atoms with van der Waals surface area (Å²) in [5.41, 5.74) is -0.676. The van der Waals surface area contributed by atoms with Gasteiger partial charge in [0, 0.05) is 6.54 Å². The van der Waals surface area contributed by atoms with Crippen LogP contribution in [0.3, 0.4) is 0 Å².